The van der Waals surface area contributed by atoms with E-state index in [0.29, 0.717) is 10.9 Å². The van der Waals surface area contributed by atoms with Crippen molar-refractivity contribution in [2.75, 3.05) is 13.1 Å². The number of aromatic nitrogens is 2. The zero-order chi connectivity index (χ0) is 17.1. The van der Waals surface area contributed by atoms with E-state index in [2.05, 4.69) is 12.0 Å². The number of piperidine rings is 1. The molecule has 1 aliphatic rings. The molecule has 2 aromatic rings. The van der Waals surface area contributed by atoms with Crippen LogP contribution in [0.1, 0.15) is 26.7 Å². The second kappa shape index (κ2) is 7.26. The Morgan fingerprint density at radius 2 is 2.12 bits per heavy atom. The molecule has 0 N–H and O–H groups in total. The minimum Gasteiger partial charge on any atom is -0.462 e. The van der Waals surface area contributed by atoms with Crippen LogP contribution in [0, 0.1) is 5.92 Å². The highest BCUT2D eigenvalue weighted by Gasteiger charge is 2.27. The Bertz CT molecular complexity index is 702. The molecule has 24 heavy (non-hydrogen) atoms. The summed E-state index contributed by atoms with van der Waals surface area (Å²) in [6, 6.07) is 9.64. The number of ether oxygens (including phenoxy) is 1. The molecular formula is C18H22ClN3O2. The van der Waals surface area contributed by atoms with Crippen LogP contribution in [0.3, 0.4) is 0 Å². The number of benzene rings is 1. The maximum absolute atomic E-state index is 12.6. The number of amides is 1. The molecule has 0 unspecified atom stereocenters. The average molecular weight is 348 g/mol. The SMILES string of the molecule is C[C@@H]1CCCN(C(=O)[C@@H](C)Oc2nn(-c3ccccc3)cc2Cl)C1. The molecule has 1 aliphatic heterocycles. The molecule has 1 fully saturated rings. The largest absolute Gasteiger partial charge is 0.462 e. The molecule has 3 rings (SSSR count). The maximum Gasteiger partial charge on any atom is 0.263 e. The summed E-state index contributed by atoms with van der Waals surface area (Å²) in [6.07, 6.45) is 3.30. The van der Waals surface area contributed by atoms with E-state index >= 15 is 0 Å². The van der Waals surface area contributed by atoms with E-state index < -0.39 is 6.10 Å². The quantitative estimate of drug-likeness (QED) is 0.849. The number of para-hydroxylation sites is 1. The van der Waals surface area contributed by atoms with Crippen molar-refractivity contribution < 1.29 is 9.53 Å². The Morgan fingerprint density at radius 3 is 2.83 bits per heavy atom. The first-order valence-electron chi connectivity index (χ1n) is 8.30. The third kappa shape index (κ3) is 3.73. The third-order valence-electron chi connectivity index (χ3n) is 4.26. The van der Waals surface area contributed by atoms with Crippen molar-refractivity contribution in [3.63, 3.8) is 0 Å². The standard InChI is InChI=1S/C18H22ClN3O2/c1-13-7-6-10-21(11-13)18(23)14(2)24-17-16(19)12-22(20-17)15-8-4-3-5-9-15/h3-5,8-9,12-14H,6-7,10-11H2,1-2H3/t13-,14-/m1/s1. The van der Waals surface area contributed by atoms with Crippen LogP contribution in [-0.4, -0.2) is 39.8 Å². The summed E-state index contributed by atoms with van der Waals surface area (Å²) in [6.45, 7) is 5.50. The fourth-order valence-corrected chi connectivity index (χ4v) is 3.17. The highest BCUT2D eigenvalue weighted by Crippen LogP contribution is 2.25. The summed E-state index contributed by atoms with van der Waals surface area (Å²) in [7, 11) is 0. The molecule has 2 atom stereocenters. The molecule has 1 aromatic carbocycles. The number of carbonyl (C=O) groups excluding carboxylic acids is 1. The van der Waals surface area contributed by atoms with Gasteiger partial charge in [-0.2, -0.15) is 0 Å². The highest BCUT2D eigenvalue weighted by molar-refractivity contribution is 6.31. The van der Waals surface area contributed by atoms with Crippen LogP contribution < -0.4 is 4.74 Å². The molecule has 6 heteroatoms. The highest BCUT2D eigenvalue weighted by atomic mass is 35.5. The van der Waals surface area contributed by atoms with E-state index in [1.54, 1.807) is 17.8 Å². The number of rotatable bonds is 4. The predicted octanol–water partition coefficient (Wildman–Crippen LogP) is 3.55. The Balaban J connectivity index is 1.69. The van der Waals surface area contributed by atoms with Crippen LogP contribution in [0.5, 0.6) is 5.88 Å². The van der Waals surface area contributed by atoms with Gasteiger partial charge in [-0.1, -0.05) is 36.7 Å². The molecule has 1 aromatic heterocycles. The van der Waals surface area contributed by atoms with Gasteiger partial charge in [0.05, 0.1) is 11.9 Å². The predicted molar refractivity (Wildman–Crippen MR) is 93.6 cm³/mol. The lowest BCUT2D eigenvalue weighted by Crippen LogP contribution is -2.45. The number of hydrogen-bond donors (Lipinski definition) is 0. The topological polar surface area (TPSA) is 47.4 Å². The van der Waals surface area contributed by atoms with E-state index in [1.807, 2.05) is 35.2 Å². The zero-order valence-corrected chi connectivity index (χ0v) is 14.7. The summed E-state index contributed by atoms with van der Waals surface area (Å²) in [5.41, 5.74) is 0.887. The molecule has 0 aliphatic carbocycles. The molecule has 0 spiro atoms. The first-order chi connectivity index (χ1) is 11.5. The number of halogens is 1. The van der Waals surface area contributed by atoms with Crippen LogP contribution in [0.2, 0.25) is 5.02 Å². The monoisotopic (exact) mass is 347 g/mol. The first kappa shape index (κ1) is 16.8. The molecule has 5 nitrogen and oxygen atoms in total. The summed E-state index contributed by atoms with van der Waals surface area (Å²) >= 11 is 6.22. The summed E-state index contributed by atoms with van der Waals surface area (Å²) in [4.78, 5) is 14.4. The van der Waals surface area contributed by atoms with Gasteiger partial charge in [-0.05, 0) is 37.8 Å². The fourth-order valence-electron chi connectivity index (χ4n) is 2.99. The third-order valence-corrected chi connectivity index (χ3v) is 4.52. The van der Waals surface area contributed by atoms with Crippen molar-refractivity contribution in [1.82, 2.24) is 14.7 Å². The van der Waals surface area contributed by atoms with Crippen molar-refractivity contribution in [2.45, 2.75) is 32.8 Å². The molecule has 0 radical (unpaired) electrons. The Kier molecular flexibility index (Phi) is 5.09. The van der Waals surface area contributed by atoms with E-state index in [9.17, 15) is 4.79 Å². The molecule has 1 amide bonds. The van der Waals surface area contributed by atoms with Gasteiger partial charge >= 0.3 is 0 Å². The number of likely N-dealkylation sites (tertiary alicyclic amines) is 1. The Labute approximate surface area is 147 Å². The van der Waals surface area contributed by atoms with Crippen molar-refractivity contribution in [3.05, 3.63) is 41.6 Å². The first-order valence-corrected chi connectivity index (χ1v) is 8.68. The van der Waals surface area contributed by atoms with E-state index in [0.717, 1.165) is 25.2 Å². The van der Waals surface area contributed by atoms with E-state index in [1.165, 1.54) is 6.42 Å². The molecule has 0 saturated carbocycles. The smallest absolute Gasteiger partial charge is 0.263 e. The molecule has 2 heterocycles. The van der Waals surface area contributed by atoms with Crippen LogP contribution >= 0.6 is 11.6 Å². The summed E-state index contributed by atoms with van der Waals surface area (Å²) < 4.78 is 7.39. The summed E-state index contributed by atoms with van der Waals surface area (Å²) in [5, 5.41) is 4.75. The number of hydrogen-bond acceptors (Lipinski definition) is 3. The minimum atomic E-state index is -0.605. The van der Waals surface area contributed by atoms with Gasteiger partial charge in [-0.3, -0.25) is 4.79 Å². The number of carbonyl (C=O) groups is 1. The van der Waals surface area contributed by atoms with E-state index in [4.69, 9.17) is 16.3 Å². The van der Waals surface area contributed by atoms with Gasteiger partial charge in [0.15, 0.2) is 6.10 Å². The average Bonchev–Trinajstić information content (AvgIpc) is 2.95. The van der Waals surface area contributed by atoms with Gasteiger partial charge in [0.25, 0.3) is 11.8 Å². The van der Waals surface area contributed by atoms with Gasteiger partial charge in [0.1, 0.15) is 5.02 Å². The lowest BCUT2D eigenvalue weighted by molar-refractivity contribution is -0.139. The van der Waals surface area contributed by atoms with Crippen LogP contribution in [0.25, 0.3) is 5.69 Å². The lowest BCUT2D eigenvalue weighted by atomic mass is 10.00. The molecule has 1 saturated heterocycles. The van der Waals surface area contributed by atoms with Gasteiger partial charge in [0.2, 0.25) is 0 Å². The normalized spacial score (nSPS) is 19.1. The van der Waals surface area contributed by atoms with Crippen molar-refractivity contribution in [2.24, 2.45) is 5.92 Å². The zero-order valence-electron chi connectivity index (χ0n) is 14.0. The van der Waals surface area contributed by atoms with Crippen LogP contribution in [0.4, 0.5) is 0 Å². The van der Waals surface area contributed by atoms with Crippen LogP contribution in [0.15, 0.2) is 36.5 Å². The van der Waals surface area contributed by atoms with Crippen molar-refractivity contribution in [3.8, 4) is 11.6 Å². The van der Waals surface area contributed by atoms with Gasteiger partial charge in [-0.25, -0.2) is 4.68 Å². The lowest BCUT2D eigenvalue weighted by Gasteiger charge is -2.32. The van der Waals surface area contributed by atoms with Gasteiger partial charge < -0.3 is 9.64 Å². The molecule has 0 bridgehead atoms. The number of nitrogens with zero attached hydrogens (tertiary/aromatic N) is 3. The minimum absolute atomic E-state index is 0.00752. The van der Waals surface area contributed by atoms with Gasteiger partial charge in [-0.15, -0.1) is 5.10 Å². The maximum atomic E-state index is 12.6. The second-order valence-corrected chi connectivity index (χ2v) is 6.76. The second-order valence-electron chi connectivity index (χ2n) is 6.35. The van der Waals surface area contributed by atoms with Crippen LogP contribution in [-0.2, 0) is 4.79 Å². The Hall–Kier alpha value is -2.01. The van der Waals surface area contributed by atoms with E-state index in [-0.39, 0.29) is 11.8 Å². The fraction of sp³-hybridized carbons (Fsp3) is 0.444. The van der Waals surface area contributed by atoms with Crippen molar-refractivity contribution in [1.29, 1.82) is 0 Å². The Morgan fingerprint density at radius 1 is 1.38 bits per heavy atom. The molecule has 128 valence electrons. The molecular weight excluding hydrogens is 326 g/mol. The van der Waals surface area contributed by atoms with Gasteiger partial charge in [0, 0.05) is 13.1 Å². The summed E-state index contributed by atoms with van der Waals surface area (Å²) in [5.74, 6) is 0.814. The van der Waals surface area contributed by atoms with Crippen molar-refractivity contribution >= 4 is 17.5 Å².